The molecular weight excluding hydrogens is 300 g/mol. The van der Waals surface area contributed by atoms with Crippen LogP contribution in [0.25, 0.3) is 21.8 Å². The van der Waals surface area contributed by atoms with Gasteiger partial charge >= 0.3 is 0 Å². The maximum atomic E-state index is 5.45. The van der Waals surface area contributed by atoms with Crippen molar-refractivity contribution < 1.29 is 4.74 Å². The zero-order valence-corrected chi connectivity index (χ0v) is 13.5. The van der Waals surface area contributed by atoms with Crippen LogP contribution < -0.4 is 4.74 Å². The van der Waals surface area contributed by atoms with E-state index in [2.05, 4.69) is 15.2 Å². The van der Waals surface area contributed by atoms with Crippen molar-refractivity contribution in [1.82, 2.24) is 9.55 Å². The molecule has 4 rings (SSSR count). The van der Waals surface area contributed by atoms with Crippen LogP contribution >= 0.6 is 0 Å². The van der Waals surface area contributed by atoms with E-state index in [1.807, 2.05) is 72.3 Å². The number of nitrogens with zero attached hydrogens (tertiary/aromatic N) is 4. The molecule has 5 nitrogen and oxygen atoms in total. The average molecular weight is 316 g/mol. The lowest BCUT2D eigenvalue weighted by molar-refractivity contribution is 0.416. The monoisotopic (exact) mass is 316 g/mol. The SMILES string of the molecule is COc1ccc2ccccc2c1/N=N/c1nc2ccccc2n1C. The van der Waals surface area contributed by atoms with E-state index in [-0.39, 0.29) is 0 Å². The molecule has 0 aliphatic carbocycles. The second kappa shape index (κ2) is 5.77. The molecular formula is C19H16N4O. The van der Waals surface area contributed by atoms with Crippen molar-refractivity contribution in [2.45, 2.75) is 0 Å². The van der Waals surface area contributed by atoms with Gasteiger partial charge < -0.3 is 9.30 Å². The average Bonchev–Trinajstić information content (AvgIpc) is 2.96. The smallest absolute Gasteiger partial charge is 0.250 e. The molecule has 0 bridgehead atoms. The number of methoxy groups -OCH3 is 1. The van der Waals surface area contributed by atoms with E-state index in [9.17, 15) is 0 Å². The van der Waals surface area contributed by atoms with E-state index in [1.165, 1.54) is 0 Å². The number of para-hydroxylation sites is 2. The maximum Gasteiger partial charge on any atom is 0.250 e. The Morgan fingerprint density at radius 1 is 0.917 bits per heavy atom. The number of azo groups is 1. The fourth-order valence-corrected chi connectivity index (χ4v) is 2.82. The number of benzene rings is 3. The largest absolute Gasteiger partial charge is 0.494 e. The van der Waals surface area contributed by atoms with Gasteiger partial charge in [-0.15, -0.1) is 10.2 Å². The number of fused-ring (bicyclic) bond motifs is 2. The van der Waals surface area contributed by atoms with E-state index in [4.69, 9.17) is 4.74 Å². The molecule has 5 heteroatoms. The third-order valence-corrected chi connectivity index (χ3v) is 4.09. The summed E-state index contributed by atoms with van der Waals surface area (Å²) < 4.78 is 7.38. The third kappa shape index (κ3) is 2.31. The molecule has 118 valence electrons. The Morgan fingerprint density at radius 3 is 2.54 bits per heavy atom. The first-order valence-corrected chi connectivity index (χ1v) is 7.67. The minimum Gasteiger partial charge on any atom is -0.494 e. The van der Waals surface area contributed by atoms with E-state index in [1.54, 1.807) is 7.11 Å². The molecule has 0 spiro atoms. The van der Waals surface area contributed by atoms with Gasteiger partial charge in [0.1, 0.15) is 11.4 Å². The quantitative estimate of drug-likeness (QED) is 0.491. The van der Waals surface area contributed by atoms with Crippen molar-refractivity contribution >= 4 is 33.4 Å². The molecule has 0 N–H and O–H groups in total. The fraction of sp³-hybridized carbons (Fsp3) is 0.105. The van der Waals surface area contributed by atoms with Gasteiger partial charge in [-0.1, -0.05) is 42.5 Å². The van der Waals surface area contributed by atoms with Crippen molar-refractivity contribution in [3.05, 3.63) is 60.7 Å². The van der Waals surface area contributed by atoms with Crippen molar-refractivity contribution in [3.63, 3.8) is 0 Å². The number of aryl methyl sites for hydroxylation is 1. The molecule has 0 unspecified atom stereocenters. The van der Waals surface area contributed by atoms with Crippen LogP contribution in [0.3, 0.4) is 0 Å². The molecule has 4 aromatic rings. The molecule has 3 aromatic carbocycles. The molecule has 0 amide bonds. The Hall–Kier alpha value is -3.21. The first-order chi connectivity index (χ1) is 11.8. The number of hydrogen-bond acceptors (Lipinski definition) is 4. The molecule has 0 saturated heterocycles. The number of hydrogen-bond donors (Lipinski definition) is 0. The predicted octanol–water partition coefficient (Wildman–Crippen LogP) is 5.15. The van der Waals surface area contributed by atoms with Gasteiger partial charge in [-0.05, 0) is 23.6 Å². The lowest BCUT2D eigenvalue weighted by atomic mass is 10.1. The van der Waals surface area contributed by atoms with Gasteiger partial charge in [0, 0.05) is 12.4 Å². The zero-order valence-electron chi connectivity index (χ0n) is 13.5. The Morgan fingerprint density at radius 2 is 1.71 bits per heavy atom. The molecule has 0 saturated carbocycles. The summed E-state index contributed by atoms with van der Waals surface area (Å²) in [5.41, 5.74) is 2.64. The van der Waals surface area contributed by atoms with Crippen LogP contribution in [-0.2, 0) is 7.05 Å². The second-order valence-corrected chi connectivity index (χ2v) is 5.50. The number of rotatable bonds is 3. The van der Waals surface area contributed by atoms with E-state index in [0.29, 0.717) is 17.4 Å². The first kappa shape index (κ1) is 14.4. The third-order valence-electron chi connectivity index (χ3n) is 4.09. The normalized spacial score (nSPS) is 11.6. The van der Waals surface area contributed by atoms with Crippen LogP contribution in [0.2, 0.25) is 0 Å². The highest BCUT2D eigenvalue weighted by atomic mass is 16.5. The highest BCUT2D eigenvalue weighted by Gasteiger charge is 2.09. The topological polar surface area (TPSA) is 51.8 Å². The van der Waals surface area contributed by atoms with Gasteiger partial charge in [0.25, 0.3) is 0 Å². The van der Waals surface area contributed by atoms with Crippen LogP contribution in [0.15, 0.2) is 70.9 Å². The Kier molecular flexibility index (Phi) is 3.46. The van der Waals surface area contributed by atoms with Gasteiger partial charge in [0.05, 0.1) is 18.1 Å². The predicted molar refractivity (Wildman–Crippen MR) is 95.4 cm³/mol. The molecule has 0 fully saturated rings. The van der Waals surface area contributed by atoms with Gasteiger partial charge in [0.15, 0.2) is 0 Å². The molecule has 0 aliphatic rings. The minimum atomic E-state index is 0.561. The van der Waals surface area contributed by atoms with Crippen molar-refractivity contribution in [1.29, 1.82) is 0 Å². The Balaban J connectivity index is 1.86. The van der Waals surface area contributed by atoms with Crippen LogP contribution in [0, 0.1) is 0 Å². The molecule has 0 radical (unpaired) electrons. The van der Waals surface area contributed by atoms with Gasteiger partial charge in [0.2, 0.25) is 5.95 Å². The molecule has 1 heterocycles. The van der Waals surface area contributed by atoms with Crippen LogP contribution in [0.1, 0.15) is 0 Å². The Bertz CT molecular complexity index is 1070. The number of imidazole rings is 1. The summed E-state index contributed by atoms with van der Waals surface area (Å²) in [7, 11) is 3.57. The van der Waals surface area contributed by atoms with E-state index < -0.39 is 0 Å². The lowest BCUT2D eigenvalue weighted by Crippen LogP contribution is -1.86. The first-order valence-electron chi connectivity index (χ1n) is 7.67. The summed E-state index contributed by atoms with van der Waals surface area (Å²) >= 11 is 0. The molecule has 1 aromatic heterocycles. The second-order valence-electron chi connectivity index (χ2n) is 5.50. The highest BCUT2D eigenvalue weighted by Crippen LogP contribution is 2.36. The summed E-state index contributed by atoms with van der Waals surface area (Å²) in [6.07, 6.45) is 0. The van der Waals surface area contributed by atoms with E-state index >= 15 is 0 Å². The molecule has 24 heavy (non-hydrogen) atoms. The minimum absolute atomic E-state index is 0.561. The van der Waals surface area contributed by atoms with Gasteiger partial charge in [-0.3, -0.25) is 0 Å². The number of ether oxygens (including phenoxy) is 1. The van der Waals surface area contributed by atoms with Crippen LogP contribution in [0.5, 0.6) is 5.75 Å². The van der Waals surface area contributed by atoms with Crippen LogP contribution in [0.4, 0.5) is 11.6 Å². The highest BCUT2D eigenvalue weighted by molar-refractivity contribution is 5.95. The maximum absolute atomic E-state index is 5.45. The van der Waals surface area contributed by atoms with Crippen molar-refractivity contribution in [2.75, 3.05) is 7.11 Å². The van der Waals surface area contributed by atoms with E-state index in [0.717, 1.165) is 21.8 Å². The lowest BCUT2D eigenvalue weighted by Gasteiger charge is -2.07. The van der Waals surface area contributed by atoms with Crippen LogP contribution in [-0.4, -0.2) is 16.7 Å². The molecule has 0 atom stereocenters. The summed E-state index contributed by atoms with van der Waals surface area (Å²) in [5, 5.41) is 10.9. The summed E-state index contributed by atoms with van der Waals surface area (Å²) in [5.74, 6) is 1.25. The summed E-state index contributed by atoms with van der Waals surface area (Å²) in [6, 6.07) is 19.9. The molecule has 0 aliphatic heterocycles. The zero-order chi connectivity index (χ0) is 16.5. The van der Waals surface area contributed by atoms with Crippen molar-refractivity contribution in [2.24, 2.45) is 17.3 Å². The Labute approximate surface area is 139 Å². The summed E-state index contributed by atoms with van der Waals surface area (Å²) in [4.78, 5) is 4.52. The number of aromatic nitrogens is 2. The van der Waals surface area contributed by atoms with Gasteiger partial charge in [-0.25, -0.2) is 4.98 Å². The summed E-state index contributed by atoms with van der Waals surface area (Å²) in [6.45, 7) is 0. The van der Waals surface area contributed by atoms with Gasteiger partial charge in [-0.2, -0.15) is 0 Å². The fourth-order valence-electron chi connectivity index (χ4n) is 2.82. The van der Waals surface area contributed by atoms with Crippen molar-refractivity contribution in [3.8, 4) is 5.75 Å². The standard InChI is InChI=1S/C19H16N4O/c1-23-16-10-6-5-9-15(16)20-19(23)22-21-18-14-8-4-3-7-13(14)11-12-17(18)24-2/h3-12H,1-2H3/b22-21+.